The molecule has 26 heteroatoms. The van der Waals surface area contributed by atoms with Crippen LogP contribution in [-0.2, 0) is 54.2 Å². The Morgan fingerprint density at radius 3 is 1.06 bits per heavy atom. The molecule has 6 aliphatic rings. The van der Waals surface area contributed by atoms with Gasteiger partial charge in [-0.15, -0.1) is 11.6 Å². The molecule has 18 nitrogen and oxygen atoms in total. The van der Waals surface area contributed by atoms with Gasteiger partial charge in [-0.1, -0.05) is 174 Å². The second-order valence-corrected chi connectivity index (χ2v) is 33.7. The van der Waals surface area contributed by atoms with Crippen LogP contribution < -0.4 is 20.4 Å². The average molecular weight is 1700 g/mol. The van der Waals surface area contributed by atoms with Crippen molar-refractivity contribution in [1.29, 1.82) is 0 Å². The molecule has 644 valence electrons. The van der Waals surface area contributed by atoms with Crippen LogP contribution in [0.1, 0.15) is 252 Å². The second-order valence-electron chi connectivity index (χ2n) is 33.1. The fraction of sp³-hybridized carbons (Fsp3) is 0.468. The van der Waals surface area contributed by atoms with Gasteiger partial charge in [0, 0.05) is 60.6 Å². The van der Waals surface area contributed by atoms with Gasteiger partial charge in [-0.25, -0.2) is 9.59 Å². The number of alkyl halides is 7. The van der Waals surface area contributed by atoms with E-state index < -0.39 is 64.9 Å². The van der Waals surface area contributed by atoms with Crippen molar-refractivity contribution in [2.24, 2.45) is 0 Å². The molecule has 8 aromatic rings. The number of likely N-dealkylation sites (tertiary alicyclic amines) is 2. The van der Waals surface area contributed by atoms with Crippen molar-refractivity contribution in [1.82, 2.24) is 29.7 Å². The van der Waals surface area contributed by atoms with Crippen molar-refractivity contribution >= 4 is 81.1 Å². The van der Waals surface area contributed by atoms with Crippen LogP contribution in [0.15, 0.2) is 195 Å². The van der Waals surface area contributed by atoms with Crippen LogP contribution >= 0.6 is 23.2 Å². The molecule has 6 heterocycles. The molecule has 4 aromatic heterocycles. The molecule has 6 fully saturated rings. The third-order valence-corrected chi connectivity index (χ3v) is 22.3. The molecule has 0 spiro atoms. The van der Waals surface area contributed by atoms with Crippen LogP contribution in [0.2, 0.25) is 0 Å². The summed E-state index contributed by atoms with van der Waals surface area (Å²) in [7, 11) is 0. The molecule has 120 heavy (non-hydrogen) atoms. The van der Waals surface area contributed by atoms with Gasteiger partial charge in [-0.2, -0.15) is 26.3 Å². The Labute approximate surface area is 712 Å². The first kappa shape index (κ1) is 93.9. The molecule has 0 radical (unpaired) electrons. The Kier molecular flexibility index (Phi) is 36.1. The molecular formula is C94H114Cl2F6N10O8. The van der Waals surface area contributed by atoms with Gasteiger partial charge in [0.2, 0.25) is 11.1 Å². The minimum atomic E-state index is -4.93. The van der Waals surface area contributed by atoms with Crippen LogP contribution in [0.5, 0.6) is 0 Å². The number of nitrogens with zero attached hydrogens (tertiary/aromatic N) is 8. The Balaban J connectivity index is 0.000000170. The number of hydrogen-bond acceptors (Lipinski definition) is 13. The van der Waals surface area contributed by atoms with E-state index in [1.54, 1.807) is 67.5 Å². The first-order valence-corrected chi connectivity index (χ1v) is 42.9. The molecule has 2 atom stereocenters. The number of nitrogens with one attached hydrogen (secondary N) is 2. The van der Waals surface area contributed by atoms with E-state index >= 15 is 0 Å². The highest BCUT2D eigenvalue weighted by Gasteiger charge is 2.45. The number of carbonyl (C=O) groups excluding carboxylic acids is 6. The Morgan fingerprint density at radius 1 is 0.408 bits per heavy atom. The third-order valence-electron chi connectivity index (χ3n) is 21.7. The zero-order valence-electron chi connectivity index (χ0n) is 69.6. The predicted molar refractivity (Wildman–Crippen MR) is 460 cm³/mol. The smallest absolute Gasteiger partial charge is 0.444 e. The number of aromatic nitrogens is 4. The van der Waals surface area contributed by atoms with Gasteiger partial charge in [-0.05, 0) is 236 Å². The van der Waals surface area contributed by atoms with Crippen LogP contribution in [-0.4, -0.2) is 114 Å². The number of anilines is 4. The fourth-order valence-corrected chi connectivity index (χ4v) is 15.5. The number of ether oxygens (including phenoxy) is 2. The number of carbonyl (C=O) groups is 6. The molecule has 5 amide bonds. The van der Waals surface area contributed by atoms with Crippen molar-refractivity contribution < 1.29 is 64.6 Å². The molecular weight excluding hydrogens is 1580 g/mol. The molecule has 2 unspecified atom stereocenters. The molecule has 2 N–H and O–H groups in total. The van der Waals surface area contributed by atoms with E-state index in [2.05, 4.69) is 68.9 Å². The number of amides is 5. The fourth-order valence-electron chi connectivity index (χ4n) is 15.1. The summed E-state index contributed by atoms with van der Waals surface area (Å²) in [4.78, 5) is 94.0. The number of para-hydroxylation sites is 4. The van der Waals surface area contributed by atoms with Crippen LogP contribution in [0.3, 0.4) is 0 Å². The van der Waals surface area contributed by atoms with Crippen LogP contribution in [0.25, 0.3) is 0 Å². The van der Waals surface area contributed by atoms with E-state index in [1.807, 2.05) is 93.8 Å². The maximum Gasteiger partial charge on any atom is 0.471 e. The van der Waals surface area contributed by atoms with Crippen molar-refractivity contribution in [3.8, 4) is 0 Å². The number of hydrogen-bond donors (Lipinski definition) is 2. The highest BCUT2D eigenvalue weighted by atomic mass is 35.5. The van der Waals surface area contributed by atoms with E-state index in [0.717, 1.165) is 70.1 Å². The van der Waals surface area contributed by atoms with Gasteiger partial charge < -0.3 is 25.0 Å². The Bertz CT molecular complexity index is 4430. The number of benzene rings is 4. The van der Waals surface area contributed by atoms with E-state index in [4.69, 9.17) is 37.7 Å². The monoisotopic (exact) mass is 1690 g/mol. The molecule has 4 aromatic carbocycles. The summed E-state index contributed by atoms with van der Waals surface area (Å²) in [6.45, 7) is 12.9. The lowest BCUT2D eigenvalue weighted by atomic mass is 9.85. The maximum atomic E-state index is 13.6. The number of rotatable bonds is 17. The van der Waals surface area contributed by atoms with Crippen molar-refractivity contribution in [2.45, 2.75) is 268 Å². The van der Waals surface area contributed by atoms with Crippen molar-refractivity contribution in [2.75, 3.05) is 33.5 Å². The zero-order valence-corrected chi connectivity index (χ0v) is 71.1. The molecule has 2 aliphatic heterocycles. The summed E-state index contributed by atoms with van der Waals surface area (Å²) < 4.78 is 84.7. The highest BCUT2D eigenvalue weighted by Crippen LogP contribution is 2.38. The normalized spacial score (nSPS) is 17.1. The minimum absolute atomic E-state index is 0.100. The summed E-state index contributed by atoms with van der Waals surface area (Å²) in [6.07, 6.45) is 24.4. The maximum absolute atomic E-state index is 13.6. The van der Waals surface area contributed by atoms with E-state index in [0.29, 0.717) is 55.9 Å². The van der Waals surface area contributed by atoms with Gasteiger partial charge in [0.15, 0.2) is 0 Å². The van der Waals surface area contributed by atoms with E-state index in [-0.39, 0.29) is 23.8 Å². The predicted octanol–water partition coefficient (Wildman–Crippen LogP) is 23.5. The lowest BCUT2D eigenvalue weighted by molar-refractivity contribution is -0.170. The average Bonchev–Trinajstić information content (AvgIpc) is 0.804. The largest absolute Gasteiger partial charge is 0.471 e. The highest BCUT2D eigenvalue weighted by molar-refractivity contribution is 6.65. The Hall–Kier alpha value is -9.94. The summed E-state index contributed by atoms with van der Waals surface area (Å²) >= 11 is 11.0. The van der Waals surface area contributed by atoms with Gasteiger partial charge in [-0.3, -0.25) is 53.8 Å². The number of halogens is 8. The van der Waals surface area contributed by atoms with E-state index in [9.17, 15) is 55.1 Å². The minimum Gasteiger partial charge on any atom is -0.444 e. The van der Waals surface area contributed by atoms with Crippen molar-refractivity contribution in [3.05, 3.63) is 240 Å². The summed E-state index contributed by atoms with van der Waals surface area (Å²) in [5.74, 6) is -0.854. The molecule has 4 saturated carbocycles. The lowest BCUT2D eigenvalue weighted by Gasteiger charge is -2.42. The molecule has 2 saturated heterocycles. The van der Waals surface area contributed by atoms with Gasteiger partial charge in [0.1, 0.15) is 23.3 Å². The second kappa shape index (κ2) is 46.2. The molecule has 14 rings (SSSR count). The summed E-state index contributed by atoms with van der Waals surface area (Å²) in [6, 6.07) is 50.8. The first-order chi connectivity index (χ1) is 57.4. The van der Waals surface area contributed by atoms with Gasteiger partial charge >= 0.3 is 36.4 Å². The van der Waals surface area contributed by atoms with Gasteiger partial charge in [0.05, 0.1) is 48.3 Å². The van der Waals surface area contributed by atoms with Crippen molar-refractivity contribution in [3.63, 3.8) is 0 Å². The van der Waals surface area contributed by atoms with E-state index in [1.165, 1.54) is 178 Å². The number of pyridine rings is 4. The third kappa shape index (κ3) is 30.6. The molecule has 4 aliphatic carbocycles. The topological polar surface area (TPSA) is 209 Å². The standard InChI is InChI=1S/C27H35N3O3.C20H21F3N2O.C18H22N2.C12H16ClN.C9H14ClNO3.C8H6F3NO/c1-27(2,3)33-26(32)29-17-16-24(29)25(31)30(23-12-8-5-9-13-23)19-22-15-14-21(18-28-22)20-10-6-4-7-11-20;21-20(22,23)19(26)25(18-9-5-2-6-10-18)14-17-12-11-16(13-24-17)15-7-3-1-4-8-15;1-3-7-15(8-4-1)16-11-12-18(19-13-16)14-20-17-9-5-2-6-10-17;13-8-12-7-6-11(9-14-12)10-4-2-1-3-5-10;1-9(2,3)14-8(13)11-5-4-6(11)7(10)12;9-8(10,11)7(13)12-6-4-2-1-3-5-6/h5,8-9,12-15,18,20,24H,4,6-7,10-11,16-17,19H2,1-3H3;2,5-6,9-13,15H,1,3-4,7-8,14H2;2,5-6,9-13,15,20H,1,3-4,7-8,14H2;6-7,9-10H,1-5,8H2;6H,4-5H2,1-3H3;1-5H,(H,12,13). The SMILES string of the molecule is CC(C)(C)OC(=O)N1CCC1C(=O)Cl.CC(C)(C)OC(=O)N1CCC1C(=O)N(Cc1ccc(C2CCCCC2)cn1)c1ccccc1.ClCc1ccc(C2CCCCC2)cn1.O=C(N(Cc1ccc(C2CCCCC2)cn1)c1ccccc1)C(F)(F)F.O=C(Nc1ccccc1)C(F)(F)F.c1ccc(NCc2ccc(C3CCCCC3)cn2)cc1. The van der Waals surface area contributed by atoms with Crippen LogP contribution in [0.4, 0.5) is 58.7 Å². The van der Waals surface area contributed by atoms with Crippen LogP contribution in [0, 0.1) is 0 Å². The molecule has 0 bridgehead atoms. The summed E-state index contributed by atoms with van der Waals surface area (Å²) in [5, 5.41) is 4.62. The lowest BCUT2D eigenvalue weighted by Crippen LogP contribution is -2.59. The Morgan fingerprint density at radius 2 is 0.742 bits per heavy atom. The zero-order chi connectivity index (χ0) is 86.2. The van der Waals surface area contributed by atoms with Gasteiger partial charge in [0.25, 0.3) is 0 Å². The summed E-state index contributed by atoms with van der Waals surface area (Å²) in [5.41, 5.74) is 9.76. The first-order valence-electron chi connectivity index (χ1n) is 42.0. The quantitative estimate of drug-likeness (QED) is 0.0494.